The molecule has 3 nitrogen and oxygen atoms in total. The summed E-state index contributed by atoms with van der Waals surface area (Å²) in [6.07, 6.45) is -12.4. The number of ether oxygens (including phenoxy) is 2. The molecule has 0 heterocycles. The largest absolute Gasteiger partial charge is 0.462 e. The first-order chi connectivity index (χ1) is 12.9. The number of hydrogen-bond donors (Lipinski definition) is 0. The molecule has 0 aliphatic carbocycles. The number of rotatable bonds is 5. The molecule has 0 radical (unpaired) electrons. The van der Waals surface area contributed by atoms with Gasteiger partial charge in [0.25, 0.3) is 0 Å². The molecule has 0 aliphatic rings. The molecule has 0 amide bonds. The number of alkyl halides is 7. The van der Waals surface area contributed by atoms with Gasteiger partial charge in [0.1, 0.15) is 11.5 Å². The van der Waals surface area contributed by atoms with Crippen LogP contribution < -0.4 is 4.74 Å². The van der Waals surface area contributed by atoms with Crippen molar-refractivity contribution in [1.29, 1.82) is 0 Å². The van der Waals surface area contributed by atoms with Crippen molar-refractivity contribution < 1.29 is 45.0 Å². The molecule has 2 aromatic rings. The van der Waals surface area contributed by atoms with Crippen LogP contribution in [0.3, 0.4) is 0 Å². The molecule has 0 N–H and O–H groups in total. The molecule has 0 atom stereocenters. The van der Waals surface area contributed by atoms with E-state index < -0.39 is 29.6 Å². The maximum atomic E-state index is 13.9. The third kappa shape index (κ3) is 4.20. The highest BCUT2D eigenvalue weighted by Crippen LogP contribution is 2.53. The predicted molar refractivity (Wildman–Crippen MR) is 83.8 cm³/mol. The summed E-state index contributed by atoms with van der Waals surface area (Å²) in [5.41, 5.74) is -6.89. The molecule has 0 saturated carbocycles. The first-order valence-electron chi connectivity index (χ1n) is 7.78. The van der Waals surface area contributed by atoms with E-state index in [2.05, 4.69) is 0 Å². The van der Waals surface area contributed by atoms with E-state index in [1.807, 2.05) is 0 Å². The Morgan fingerprint density at radius 3 is 1.61 bits per heavy atom. The van der Waals surface area contributed by atoms with E-state index >= 15 is 0 Å². The molecule has 0 aromatic heterocycles. The number of hydrogen-bond acceptors (Lipinski definition) is 3. The fraction of sp³-hybridized carbons (Fsp3) is 0.278. The van der Waals surface area contributed by atoms with Gasteiger partial charge in [-0.2, -0.15) is 26.3 Å². The van der Waals surface area contributed by atoms with Gasteiger partial charge in [0.2, 0.25) is 0 Å². The summed E-state index contributed by atoms with van der Waals surface area (Å²) in [4.78, 5) is 11.5. The molecule has 0 saturated heterocycles. The van der Waals surface area contributed by atoms with Crippen molar-refractivity contribution in [3.8, 4) is 11.5 Å². The number of carbonyl (C=O) groups excluding carboxylic acids is 1. The van der Waals surface area contributed by atoms with Crippen LogP contribution in [-0.4, -0.2) is 24.9 Å². The van der Waals surface area contributed by atoms with Gasteiger partial charge in [-0.3, -0.25) is 0 Å². The molecule has 0 fully saturated rings. The van der Waals surface area contributed by atoms with Crippen LogP contribution in [0, 0.1) is 0 Å². The van der Waals surface area contributed by atoms with Gasteiger partial charge in [0, 0.05) is 5.56 Å². The van der Waals surface area contributed by atoms with Gasteiger partial charge in [-0.15, -0.1) is 0 Å². The number of esters is 1. The quantitative estimate of drug-likeness (QED) is 0.452. The first kappa shape index (κ1) is 21.5. The zero-order valence-corrected chi connectivity index (χ0v) is 14.2. The lowest BCUT2D eigenvalue weighted by atomic mass is 9.94. The highest BCUT2D eigenvalue weighted by atomic mass is 19.4. The summed E-state index contributed by atoms with van der Waals surface area (Å²) in [5, 5.41) is 0. The summed E-state index contributed by atoms with van der Waals surface area (Å²) >= 11 is 0. The van der Waals surface area contributed by atoms with E-state index in [0.29, 0.717) is 12.1 Å². The number of halogens is 7. The van der Waals surface area contributed by atoms with E-state index in [1.54, 1.807) is 6.92 Å². The summed E-state index contributed by atoms with van der Waals surface area (Å²) in [6, 6.07) is 7.69. The third-order valence-corrected chi connectivity index (χ3v) is 3.63. The Morgan fingerprint density at radius 1 is 0.786 bits per heavy atom. The van der Waals surface area contributed by atoms with Gasteiger partial charge in [0.15, 0.2) is 0 Å². The maximum Gasteiger partial charge on any atom is 0.435 e. The molecule has 28 heavy (non-hydrogen) atoms. The van der Waals surface area contributed by atoms with Gasteiger partial charge in [-0.25, -0.2) is 9.18 Å². The van der Waals surface area contributed by atoms with Crippen molar-refractivity contribution in [2.24, 2.45) is 0 Å². The van der Waals surface area contributed by atoms with Crippen molar-refractivity contribution in [2.75, 3.05) is 6.61 Å². The van der Waals surface area contributed by atoms with E-state index in [1.165, 1.54) is 24.3 Å². The fourth-order valence-electron chi connectivity index (χ4n) is 2.25. The Bertz CT molecular complexity index is 795. The van der Waals surface area contributed by atoms with Crippen LogP contribution in [0.15, 0.2) is 48.5 Å². The molecule has 10 heteroatoms. The second kappa shape index (κ2) is 7.69. The Kier molecular flexibility index (Phi) is 5.91. The van der Waals surface area contributed by atoms with Gasteiger partial charge in [-0.05, 0) is 43.3 Å². The number of carbonyl (C=O) groups is 1. The molecule has 0 bridgehead atoms. The Balaban J connectivity index is 2.22. The summed E-state index contributed by atoms with van der Waals surface area (Å²) in [7, 11) is 0. The lowest BCUT2D eigenvalue weighted by Crippen LogP contribution is -2.50. The van der Waals surface area contributed by atoms with E-state index in [0.717, 1.165) is 12.1 Å². The highest BCUT2D eigenvalue weighted by molar-refractivity contribution is 5.89. The average molecular weight is 410 g/mol. The standard InChI is InChI=1S/C18H13F7O3/c1-2-27-15(26)11-3-7-13(8-4-11)28-14-9-5-12(6-10-14)16(19,17(20,21)22)18(23,24)25/h3-10H,2H2,1H3. The lowest BCUT2D eigenvalue weighted by molar-refractivity contribution is -0.348. The second-order valence-electron chi connectivity index (χ2n) is 5.53. The van der Waals surface area contributed by atoms with Gasteiger partial charge >= 0.3 is 24.0 Å². The van der Waals surface area contributed by atoms with Crippen LogP contribution in [0.2, 0.25) is 0 Å². The maximum absolute atomic E-state index is 13.9. The van der Waals surface area contributed by atoms with Gasteiger partial charge in [0.05, 0.1) is 12.2 Å². The second-order valence-corrected chi connectivity index (χ2v) is 5.53. The molecule has 2 rings (SSSR count). The molecule has 0 unspecified atom stereocenters. The minimum absolute atomic E-state index is 0.126. The zero-order chi connectivity index (χ0) is 21.2. The normalized spacial score (nSPS) is 12.6. The monoisotopic (exact) mass is 410 g/mol. The highest BCUT2D eigenvalue weighted by Gasteiger charge is 2.73. The van der Waals surface area contributed by atoms with Crippen molar-refractivity contribution in [1.82, 2.24) is 0 Å². The summed E-state index contributed by atoms with van der Waals surface area (Å²) in [6.45, 7) is 1.80. The summed E-state index contributed by atoms with van der Waals surface area (Å²) in [5.74, 6) is -0.546. The predicted octanol–water partition coefficient (Wildman–Crippen LogP) is 5.95. The lowest BCUT2D eigenvalue weighted by Gasteiger charge is -2.30. The Labute approximate surface area is 154 Å². The minimum Gasteiger partial charge on any atom is -0.462 e. The smallest absolute Gasteiger partial charge is 0.435 e. The van der Waals surface area contributed by atoms with Crippen LogP contribution in [0.4, 0.5) is 30.7 Å². The van der Waals surface area contributed by atoms with Crippen LogP contribution >= 0.6 is 0 Å². The van der Waals surface area contributed by atoms with Crippen LogP contribution in [-0.2, 0) is 10.4 Å². The van der Waals surface area contributed by atoms with Gasteiger partial charge in [-0.1, -0.05) is 12.1 Å². The van der Waals surface area contributed by atoms with Gasteiger partial charge < -0.3 is 9.47 Å². The molecular weight excluding hydrogens is 397 g/mol. The van der Waals surface area contributed by atoms with Crippen LogP contribution in [0.5, 0.6) is 11.5 Å². The van der Waals surface area contributed by atoms with Crippen molar-refractivity contribution in [3.63, 3.8) is 0 Å². The average Bonchev–Trinajstić information content (AvgIpc) is 2.60. The van der Waals surface area contributed by atoms with Crippen molar-refractivity contribution in [2.45, 2.75) is 24.9 Å². The van der Waals surface area contributed by atoms with E-state index in [9.17, 15) is 35.5 Å². The molecule has 152 valence electrons. The third-order valence-electron chi connectivity index (χ3n) is 3.63. The molecular formula is C18H13F7O3. The zero-order valence-electron chi connectivity index (χ0n) is 14.2. The number of benzene rings is 2. The van der Waals surface area contributed by atoms with Crippen LogP contribution in [0.1, 0.15) is 22.8 Å². The topological polar surface area (TPSA) is 35.5 Å². The molecule has 0 aliphatic heterocycles. The van der Waals surface area contributed by atoms with Crippen molar-refractivity contribution in [3.05, 3.63) is 59.7 Å². The minimum atomic E-state index is -6.18. The SMILES string of the molecule is CCOC(=O)c1ccc(Oc2ccc(C(F)(C(F)(F)F)C(F)(F)F)cc2)cc1. The van der Waals surface area contributed by atoms with Crippen molar-refractivity contribution >= 4 is 5.97 Å². The fourth-order valence-corrected chi connectivity index (χ4v) is 2.25. The molecule has 2 aromatic carbocycles. The molecule has 0 spiro atoms. The van der Waals surface area contributed by atoms with Crippen LogP contribution in [0.25, 0.3) is 0 Å². The van der Waals surface area contributed by atoms with E-state index in [4.69, 9.17) is 9.47 Å². The Morgan fingerprint density at radius 2 is 1.21 bits per heavy atom. The summed E-state index contributed by atoms with van der Waals surface area (Å²) < 4.78 is 100. The van der Waals surface area contributed by atoms with E-state index in [-0.39, 0.29) is 23.7 Å². The Hall–Kier alpha value is -2.78. The first-order valence-corrected chi connectivity index (χ1v) is 7.78.